The number of anilines is 3. The van der Waals surface area contributed by atoms with Gasteiger partial charge in [-0.15, -0.1) is 11.3 Å². The summed E-state index contributed by atoms with van der Waals surface area (Å²) in [6, 6.07) is 10.7. The van der Waals surface area contributed by atoms with E-state index in [1.807, 2.05) is 0 Å². The minimum Gasteiger partial charge on any atom is -0.383 e. The molecular formula is C22H16F3N5OS. The van der Waals surface area contributed by atoms with Crippen LogP contribution in [0, 0.1) is 0 Å². The van der Waals surface area contributed by atoms with Gasteiger partial charge in [0.25, 0.3) is 0 Å². The highest BCUT2D eigenvalue weighted by atomic mass is 32.1. The highest BCUT2D eigenvalue weighted by molar-refractivity contribution is 7.20. The van der Waals surface area contributed by atoms with Crippen LogP contribution in [0.3, 0.4) is 0 Å². The quantitative estimate of drug-likeness (QED) is 0.339. The molecule has 0 fully saturated rings. The predicted molar refractivity (Wildman–Crippen MR) is 121 cm³/mol. The molecular weight excluding hydrogens is 439 g/mol. The van der Waals surface area contributed by atoms with Gasteiger partial charge in [-0.25, -0.2) is 14.8 Å². The topological polar surface area (TPSA) is 92.9 Å². The van der Waals surface area contributed by atoms with Gasteiger partial charge in [0, 0.05) is 21.8 Å². The summed E-state index contributed by atoms with van der Waals surface area (Å²) in [5.41, 5.74) is 7.38. The van der Waals surface area contributed by atoms with E-state index < -0.39 is 17.8 Å². The van der Waals surface area contributed by atoms with Gasteiger partial charge in [-0.2, -0.15) is 13.2 Å². The number of amides is 2. The molecule has 10 heteroatoms. The first-order chi connectivity index (χ1) is 15.3. The molecule has 4 rings (SSSR count). The fourth-order valence-electron chi connectivity index (χ4n) is 3.19. The molecule has 4 aromatic rings. The Balaban J connectivity index is 1.54. The van der Waals surface area contributed by atoms with Crippen molar-refractivity contribution in [2.24, 2.45) is 0 Å². The van der Waals surface area contributed by atoms with Gasteiger partial charge in [0.05, 0.1) is 10.9 Å². The van der Waals surface area contributed by atoms with E-state index in [0.717, 1.165) is 38.4 Å². The Morgan fingerprint density at radius 2 is 1.78 bits per heavy atom. The number of nitrogens with one attached hydrogen (secondary N) is 2. The fraction of sp³-hybridized carbons (Fsp3) is 0.0455. The average Bonchev–Trinajstić information content (AvgIpc) is 3.14. The first-order valence-electron chi connectivity index (χ1n) is 9.27. The maximum absolute atomic E-state index is 12.8. The summed E-state index contributed by atoms with van der Waals surface area (Å²) >= 11 is 1.44. The summed E-state index contributed by atoms with van der Waals surface area (Å²) in [7, 11) is 0. The Morgan fingerprint density at radius 3 is 2.47 bits per heavy atom. The SMILES string of the molecule is C=Cc1sc2ncnc(N)c2c1-c1ccc(NC(=O)Nc2cccc(C(F)(F)F)c2)cc1. The standard InChI is InChI=1S/C22H16F3N5OS/c1-2-16-17(18-19(26)27-11-28-20(18)32-16)12-6-8-14(9-7-12)29-21(31)30-15-5-3-4-13(10-15)22(23,24)25/h2-11H,1H2,(H2,26,27,28)(H2,29,30,31). The van der Waals surface area contributed by atoms with Gasteiger partial charge in [-0.3, -0.25) is 0 Å². The predicted octanol–water partition coefficient (Wildman–Crippen LogP) is 6.25. The number of aromatic nitrogens is 2. The largest absolute Gasteiger partial charge is 0.416 e. The third-order valence-electron chi connectivity index (χ3n) is 4.61. The molecule has 0 unspecified atom stereocenters. The van der Waals surface area contributed by atoms with Crippen LogP contribution in [-0.2, 0) is 6.18 Å². The van der Waals surface area contributed by atoms with Crippen LogP contribution in [0.5, 0.6) is 0 Å². The number of rotatable bonds is 4. The molecule has 0 saturated carbocycles. The second-order valence-corrected chi connectivity index (χ2v) is 7.75. The van der Waals surface area contributed by atoms with E-state index in [2.05, 4.69) is 27.2 Å². The molecule has 0 aliphatic rings. The van der Waals surface area contributed by atoms with Crippen molar-refractivity contribution in [1.29, 1.82) is 0 Å². The molecule has 0 bridgehead atoms. The van der Waals surface area contributed by atoms with E-state index in [9.17, 15) is 18.0 Å². The minimum absolute atomic E-state index is 0.0322. The Labute approximate surface area is 184 Å². The molecule has 0 radical (unpaired) electrons. The van der Waals surface area contributed by atoms with E-state index >= 15 is 0 Å². The van der Waals surface area contributed by atoms with Crippen LogP contribution < -0.4 is 16.4 Å². The lowest BCUT2D eigenvalue weighted by Crippen LogP contribution is -2.19. The van der Waals surface area contributed by atoms with Crippen LogP contribution in [-0.4, -0.2) is 16.0 Å². The highest BCUT2D eigenvalue weighted by Gasteiger charge is 2.30. The van der Waals surface area contributed by atoms with Crippen LogP contribution in [0.4, 0.5) is 35.2 Å². The highest BCUT2D eigenvalue weighted by Crippen LogP contribution is 2.40. The molecule has 4 N–H and O–H groups in total. The van der Waals surface area contributed by atoms with Gasteiger partial charge < -0.3 is 16.4 Å². The summed E-state index contributed by atoms with van der Waals surface area (Å²) < 4.78 is 38.5. The van der Waals surface area contributed by atoms with Crippen molar-refractivity contribution in [2.45, 2.75) is 6.18 Å². The summed E-state index contributed by atoms with van der Waals surface area (Å²) in [4.78, 5) is 22.2. The number of benzene rings is 2. The van der Waals surface area contributed by atoms with Gasteiger partial charge in [0.2, 0.25) is 0 Å². The molecule has 0 atom stereocenters. The molecule has 0 aliphatic carbocycles. The molecule has 0 saturated heterocycles. The summed E-state index contributed by atoms with van der Waals surface area (Å²) in [6.07, 6.45) is -1.37. The molecule has 0 aliphatic heterocycles. The van der Waals surface area contributed by atoms with Crippen molar-refractivity contribution < 1.29 is 18.0 Å². The zero-order valence-corrected chi connectivity index (χ0v) is 17.2. The number of hydrogen-bond acceptors (Lipinski definition) is 5. The van der Waals surface area contributed by atoms with Gasteiger partial charge >= 0.3 is 12.2 Å². The van der Waals surface area contributed by atoms with Crippen molar-refractivity contribution in [3.63, 3.8) is 0 Å². The number of fused-ring (bicyclic) bond motifs is 1. The third-order valence-corrected chi connectivity index (χ3v) is 5.70. The fourth-order valence-corrected chi connectivity index (χ4v) is 4.21. The number of halogens is 3. The Bertz CT molecular complexity index is 1320. The molecule has 162 valence electrons. The van der Waals surface area contributed by atoms with E-state index in [4.69, 9.17) is 5.73 Å². The monoisotopic (exact) mass is 455 g/mol. The summed E-state index contributed by atoms with van der Waals surface area (Å²) in [5.74, 6) is 0.358. The zero-order chi connectivity index (χ0) is 22.9. The average molecular weight is 455 g/mol. The number of nitrogens with two attached hydrogens (primary N) is 1. The van der Waals surface area contributed by atoms with Crippen molar-refractivity contribution >= 4 is 50.9 Å². The second kappa shape index (κ2) is 8.31. The van der Waals surface area contributed by atoms with Crippen molar-refractivity contribution in [2.75, 3.05) is 16.4 Å². The maximum atomic E-state index is 12.8. The first kappa shape index (κ1) is 21.3. The number of hydrogen-bond donors (Lipinski definition) is 3. The van der Waals surface area contributed by atoms with Crippen LogP contribution in [0.25, 0.3) is 27.4 Å². The second-order valence-electron chi connectivity index (χ2n) is 6.72. The molecule has 0 spiro atoms. The van der Waals surface area contributed by atoms with E-state index in [1.165, 1.54) is 29.8 Å². The Morgan fingerprint density at radius 1 is 1.06 bits per heavy atom. The van der Waals surface area contributed by atoms with Crippen LogP contribution in [0.15, 0.2) is 61.4 Å². The Hall–Kier alpha value is -3.92. The smallest absolute Gasteiger partial charge is 0.383 e. The normalized spacial score (nSPS) is 11.3. The van der Waals surface area contributed by atoms with Crippen LogP contribution >= 0.6 is 11.3 Å². The van der Waals surface area contributed by atoms with Crippen molar-refractivity contribution in [1.82, 2.24) is 9.97 Å². The molecule has 2 aromatic heterocycles. The van der Waals surface area contributed by atoms with Gasteiger partial charge in [0.15, 0.2) is 0 Å². The van der Waals surface area contributed by atoms with Gasteiger partial charge in [-0.1, -0.05) is 30.9 Å². The lowest BCUT2D eigenvalue weighted by molar-refractivity contribution is -0.137. The van der Waals surface area contributed by atoms with E-state index in [1.54, 1.807) is 30.3 Å². The van der Waals surface area contributed by atoms with Crippen LogP contribution in [0.2, 0.25) is 0 Å². The molecule has 2 amide bonds. The van der Waals surface area contributed by atoms with Crippen LogP contribution in [0.1, 0.15) is 10.4 Å². The van der Waals surface area contributed by atoms with Gasteiger partial charge in [0.1, 0.15) is 17.0 Å². The van der Waals surface area contributed by atoms with Gasteiger partial charge in [-0.05, 0) is 35.9 Å². The number of carbonyl (C=O) groups is 1. The number of carbonyl (C=O) groups excluding carboxylic acids is 1. The first-order valence-corrected chi connectivity index (χ1v) is 10.1. The minimum atomic E-state index is -4.49. The number of nitrogens with zero attached hydrogens (tertiary/aromatic N) is 2. The number of thiophene rings is 1. The number of alkyl halides is 3. The maximum Gasteiger partial charge on any atom is 0.416 e. The lowest BCUT2D eigenvalue weighted by atomic mass is 10.0. The van der Waals surface area contributed by atoms with Crippen molar-refractivity contribution in [3.8, 4) is 11.1 Å². The number of nitrogen functional groups attached to an aromatic ring is 1. The van der Waals surface area contributed by atoms with E-state index in [0.29, 0.717) is 11.5 Å². The molecule has 32 heavy (non-hydrogen) atoms. The van der Waals surface area contributed by atoms with Crippen molar-refractivity contribution in [3.05, 3.63) is 71.9 Å². The third kappa shape index (κ3) is 4.26. The summed E-state index contributed by atoms with van der Waals surface area (Å²) in [6.45, 7) is 3.85. The molecule has 6 nitrogen and oxygen atoms in total. The lowest BCUT2D eigenvalue weighted by Gasteiger charge is -2.11. The zero-order valence-electron chi connectivity index (χ0n) is 16.4. The number of urea groups is 1. The molecule has 2 aromatic carbocycles. The molecule has 2 heterocycles. The van der Waals surface area contributed by atoms with E-state index in [-0.39, 0.29) is 5.69 Å². The Kier molecular flexibility index (Phi) is 5.54. The summed E-state index contributed by atoms with van der Waals surface area (Å²) in [5, 5.41) is 5.73.